The SMILES string of the molecule is Cc1ccccc1N1C[C@@H](C(=O)NCCC(C)C)CC1=O. The zero-order chi connectivity index (χ0) is 15.4. The minimum Gasteiger partial charge on any atom is -0.356 e. The van der Waals surface area contributed by atoms with Crippen LogP contribution < -0.4 is 10.2 Å². The first-order valence-corrected chi connectivity index (χ1v) is 7.62. The smallest absolute Gasteiger partial charge is 0.227 e. The van der Waals surface area contributed by atoms with Crippen molar-refractivity contribution in [3.63, 3.8) is 0 Å². The van der Waals surface area contributed by atoms with Gasteiger partial charge in [0.2, 0.25) is 11.8 Å². The molecule has 1 heterocycles. The van der Waals surface area contributed by atoms with Gasteiger partial charge in [0.25, 0.3) is 0 Å². The molecule has 21 heavy (non-hydrogen) atoms. The molecule has 1 atom stereocenters. The molecule has 1 saturated heterocycles. The lowest BCUT2D eigenvalue weighted by atomic mass is 10.1. The van der Waals surface area contributed by atoms with Gasteiger partial charge in [-0.25, -0.2) is 0 Å². The molecule has 0 unspecified atom stereocenters. The third-order valence-corrected chi connectivity index (χ3v) is 3.92. The average molecular weight is 288 g/mol. The molecule has 0 aliphatic carbocycles. The Labute approximate surface area is 126 Å². The van der Waals surface area contributed by atoms with E-state index in [4.69, 9.17) is 0 Å². The van der Waals surface area contributed by atoms with Crippen LogP contribution in [-0.2, 0) is 9.59 Å². The number of nitrogens with zero attached hydrogens (tertiary/aromatic N) is 1. The lowest BCUT2D eigenvalue weighted by Crippen LogP contribution is -2.34. The summed E-state index contributed by atoms with van der Waals surface area (Å²) in [6.45, 7) is 7.41. The Hall–Kier alpha value is -1.84. The third kappa shape index (κ3) is 3.84. The lowest BCUT2D eigenvalue weighted by Gasteiger charge is -2.19. The van der Waals surface area contributed by atoms with Crippen LogP contribution in [0, 0.1) is 18.8 Å². The number of amides is 2. The summed E-state index contributed by atoms with van der Waals surface area (Å²) in [6, 6.07) is 7.80. The minimum atomic E-state index is -0.232. The van der Waals surface area contributed by atoms with Gasteiger partial charge in [-0.2, -0.15) is 0 Å². The summed E-state index contributed by atoms with van der Waals surface area (Å²) in [5, 5.41) is 2.95. The zero-order valence-corrected chi connectivity index (χ0v) is 13.1. The molecule has 1 fully saturated rings. The normalized spacial score (nSPS) is 18.4. The Morgan fingerprint density at radius 3 is 2.76 bits per heavy atom. The molecule has 1 aliphatic rings. The molecule has 0 spiro atoms. The molecule has 0 saturated carbocycles. The van der Waals surface area contributed by atoms with Crippen LogP contribution in [0.25, 0.3) is 0 Å². The van der Waals surface area contributed by atoms with Gasteiger partial charge in [-0.15, -0.1) is 0 Å². The number of hydrogen-bond donors (Lipinski definition) is 1. The van der Waals surface area contributed by atoms with Crippen molar-refractivity contribution in [1.82, 2.24) is 5.32 Å². The van der Waals surface area contributed by atoms with E-state index in [1.54, 1.807) is 4.90 Å². The maximum absolute atomic E-state index is 12.2. The van der Waals surface area contributed by atoms with E-state index < -0.39 is 0 Å². The van der Waals surface area contributed by atoms with E-state index in [2.05, 4.69) is 19.2 Å². The minimum absolute atomic E-state index is 0.0000779. The van der Waals surface area contributed by atoms with Crippen LogP contribution in [-0.4, -0.2) is 24.9 Å². The summed E-state index contributed by atoms with van der Waals surface area (Å²) in [6.07, 6.45) is 1.27. The highest BCUT2D eigenvalue weighted by Crippen LogP contribution is 2.27. The molecule has 4 heteroatoms. The van der Waals surface area contributed by atoms with Gasteiger partial charge in [-0.1, -0.05) is 32.0 Å². The number of hydrogen-bond acceptors (Lipinski definition) is 2. The quantitative estimate of drug-likeness (QED) is 0.905. The van der Waals surface area contributed by atoms with Crippen LogP contribution in [0.4, 0.5) is 5.69 Å². The van der Waals surface area contributed by atoms with E-state index in [1.165, 1.54) is 0 Å². The van der Waals surface area contributed by atoms with Crippen molar-refractivity contribution in [2.75, 3.05) is 18.0 Å². The van der Waals surface area contributed by atoms with E-state index in [0.717, 1.165) is 17.7 Å². The molecule has 1 aromatic carbocycles. The number of nitrogens with one attached hydrogen (secondary N) is 1. The predicted octanol–water partition coefficient (Wildman–Crippen LogP) is 2.51. The molecule has 4 nitrogen and oxygen atoms in total. The second-order valence-corrected chi connectivity index (χ2v) is 6.17. The molecule has 1 N–H and O–H groups in total. The van der Waals surface area contributed by atoms with Crippen molar-refractivity contribution in [3.05, 3.63) is 29.8 Å². The van der Waals surface area contributed by atoms with Gasteiger partial charge in [-0.05, 0) is 30.9 Å². The zero-order valence-electron chi connectivity index (χ0n) is 13.1. The molecule has 2 rings (SSSR count). The topological polar surface area (TPSA) is 49.4 Å². The molecular weight excluding hydrogens is 264 g/mol. The second kappa shape index (κ2) is 6.74. The molecule has 0 radical (unpaired) electrons. The Kier molecular flexibility index (Phi) is 4.99. The van der Waals surface area contributed by atoms with Crippen LogP contribution in [0.3, 0.4) is 0 Å². The van der Waals surface area contributed by atoms with Gasteiger partial charge in [0.1, 0.15) is 0 Å². The first-order valence-electron chi connectivity index (χ1n) is 7.62. The van der Waals surface area contributed by atoms with Gasteiger partial charge in [-0.3, -0.25) is 9.59 Å². The Bertz CT molecular complexity index is 525. The van der Waals surface area contributed by atoms with E-state index >= 15 is 0 Å². The van der Waals surface area contributed by atoms with E-state index in [1.807, 2.05) is 31.2 Å². The predicted molar refractivity (Wildman–Crippen MR) is 84.1 cm³/mol. The third-order valence-electron chi connectivity index (χ3n) is 3.92. The van der Waals surface area contributed by atoms with Crippen LogP contribution in [0.15, 0.2) is 24.3 Å². The molecule has 1 aliphatic heterocycles. The van der Waals surface area contributed by atoms with Crippen LogP contribution in [0.5, 0.6) is 0 Å². The standard InChI is InChI=1S/C17H24N2O2/c1-12(2)8-9-18-17(21)14-10-16(20)19(11-14)15-7-5-4-6-13(15)3/h4-7,12,14H,8-11H2,1-3H3,(H,18,21)/t14-/m0/s1. The summed E-state index contributed by atoms with van der Waals surface area (Å²) in [5.74, 6) is 0.372. The molecule has 114 valence electrons. The van der Waals surface area contributed by atoms with Crippen molar-refractivity contribution in [2.45, 2.75) is 33.6 Å². The number of carbonyl (C=O) groups excluding carboxylic acids is 2. The highest BCUT2D eigenvalue weighted by atomic mass is 16.2. The van der Waals surface area contributed by atoms with E-state index in [0.29, 0.717) is 25.4 Å². The lowest BCUT2D eigenvalue weighted by molar-refractivity contribution is -0.126. The van der Waals surface area contributed by atoms with Gasteiger partial charge in [0.15, 0.2) is 0 Å². The first kappa shape index (κ1) is 15.5. The van der Waals surface area contributed by atoms with Gasteiger partial charge in [0, 0.05) is 25.2 Å². The first-order chi connectivity index (χ1) is 9.99. The summed E-state index contributed by atoms with van der Waals surface area (Å²) < 4.78 is 0. The average Bonchev–Trinajstić information content (AvgIpc) is 2.81. The number of anilines is 1. The molecule has 0 bridgehead atoms. The van der Waals surface area contributed by atoms with E-state index in [9.17, 15) is 9.59 Å². The van der Waals surface area contributed by atoms with Gasteiger partial charge >= 0.3 is 0 Å². The van der Waals surface area contributed by atoms with Crippen LogP contribution >= 0.6 is 0 Å². The van der Waals surface area contributed by atoms with Crippen LogP contribution in [0.1, 0.15) is 32.3 Å². The fourth-order valence-electron chi connectivity index (χ4n) is 2.61. The largest absolute Gasteiger partial charge is 0.356 e. The van der Waals surface area contributed by atoms with Crippen molar-refractivity contribution in [3.8, 4) is 0 Å². The number of para-hydroxylation sites is 1. The summed E-state index contributed by atoms with van der Waals surface area (Å²) in [4.78, 5) is 26.1. The number of aryl methyl sites for hydroxylation is 1. The van der Waals surface area contributed by atoms with Crippen molar-refractivity contribution < 1.29 is 9.59 Å². The Morgan fingerprint density at radius 1 is 1.38 bits per heavy atom. The summed E-state index contributed by atoms with van der Waals surface area (Å²) in [5.41, 5.74) is 1.98. The highest BCUT2D eigenvalue weighted by molar-refractivity contribution is 6.00. The summed E-state index contributed by atoms with van der Waals surface area (Å²) in [7, 11) is 0. The van der Waals surface area contributed by atoms with E-state index in [-0.39, 0.29) is 17.7 Å². The van der Waals surface area contributed by atoms with Crippen molar-refractivity contribution >= 4 is 17.5 Å². The number of benzene rings is 1. The highest BCUT2D eigenvalue weighted by Gasteiger charge is 2.35. The number of rotatable bonds is 5. The maximum Gasteiger partial charge on any atom is 0.227 e. The fraction of sp³-hybridized carbons (Fsp3) is 0.529. The molecule has 2 amide bonds. The Balaban J connectivity index is 1.96. The van der Waals surface area contributed by atoms with Crippen LogP contribution in [0.2, 0.25) is 0 Å². The van der Waals surface area contributed by atoms with Gasteiger partial charge < -0.3 is 10.2 Å². The maximum atomic E-state index is 12.2. The Morgan fingerprint density at radius 2 is 2.10 bits per heavy atom. The molecule has 0 aromatic heterocycles. The van der Waals surface area contributed by atoms with Crippen molar-refractivity contribution in [1.29, 1.82) is 0 Å². The monoisotopic (exact) mass is 288 g/mol. The molecular formula is C17H24N2O2. The number of carbonyl (C=O) groups is 2. The van der Waals surface area contributed by atoms with Crippen molar-refractivity contribution in [2.24, 2.45) is 11.8 Å². The molecule has 1 aromatic rings. The second-order valence-electron chi connectivity index (χ2n) is 6.17. The fourth-order valence-corrected chi connectivity index (χ4v) is 2.61. The van der Waals surface area contributed by atoms with Gasteiger partial charge in [0.05, 0.1) is 5.92 Å². The summed E-state index contributed by atoms with van der Waals surface area (Å²) >= 11 is 0.